The van der Waals surface area contributed by atoms with Gasteiger partial charge in [0.25, 0.3) is 0 Å². The highest BCUT2D eigenvalue weighted by Crippen LogP contribution is 2.28. The van der Waals surface area contributed by atoms with E-state index >= 15 is 0 Å². The Kier molecular flexibility index (Phi) is 3.80. The van der Waals surface area contributed by atoms with Gasteiger partial charge < -0.3 is 14.2 Å². The third-order valence-electron chi connectivity index (χ3n) is 4.84. The fourth-order valence-electron chi connectivity index (χ4n) is 3.43. The summed E-state index contributed by atoms with van der Waals surface area (Å²) < 4.78 is 28.9. The van der Waals surface area contributed by atoms with Gasteiger partial charge in [0.15, 0.2) is 9.84 Å². The van der Waals surface area contributed by atoms with Crippen LogP contribution in [0.25, 0.3) is 11.5 Å². The molecule has 0 saturated carbocycles. The average Bonchev–Trinajstić information content (AvgIpc) is 2.87. The van der Waals surface area contributed by atoms with Crippen LogP contribution < -0.4 is 4.90 Å². The fraction of sp³-hybridized carbons (Fsp3) is 0.500. The topological polar surface area (TPSA) is 79.5 Å². The van der Waals surface area contributed by atoms with Crippen molar-refractivity contribution in [3.05, 3.63) is 24.3 Å². The molecule has 4 heterocycles. The van der Waals surface area contributed by atoms with Crippen molar-refractivity contribution in [2.45, 2.75) is 23.8 Å². The predicted octanol–water partition coefficient (Wildman–Crippen LogP) is 1.42. The summed E-state index contributed by atoms with van der Waals surface area (Å²) >= 11 is 0. The van der Waals surface area contributed by atoms with Crippen molar-refractivity contribution >= 4 is 15.9 Å². The van der Waals surface area contributed by atoms with Gasteiger partial charge in [-0.05, 0) is 37.1 Å². The molecule has 7 nitrogen and oxygen atoms in total. The van der Waals surface area contributed by atoms with E-state index in [1.807, 2.05) is 0 Å². The molecular weight excluding hydrogens is 328 g/mol. The number of piperidine rings is 1. The zero-order valence-electron chi connectivity index (χ0n) is 13.6. The Morgan fingerprint density at radius 1 is 1.04 bits per heavy atom. The number of nitrogens with zero attached hydrogens (tertiary/aromatic N) is 4. The zero-order valence-corrected chi connectivity index (χ0v) is 14.4. The Morgan fingerprint density at radius 2 is 1.75 bits per heavy atom. The first-order valence-electron chi connectivity index (χ1n) is 8.14. The van der Waals surface area contributed by atoms with E-state index in [-0.39, 0.29) is 4.90 Å². The van der Waals surface area contributed by atoms with Gasteiger partial charge in [0.2, 0.25) is 5.89 Å². The Balaban J connectivity index is 1.58. The summed E-state index contributed by atoms with van der Waals surface area (Å²) in [4.78, 5) is 4.97. The molecule has 8 heteroatoms. The number of anilines is 1. The minimum absolute atomic E-state index is 0.282. The van der Waals surface area contributed by atoms with E-state index < -0.39 is 9.84 Å². The van der Waals surface area contributed by atoms with E-state index in [0.29, 0.717) is 17.9 Å². The van der Waals surface area contributed by atoms with Crippen molar-refractivity contribution in [3.8, 4) is 11.5 Å². The number of sulfone groups is 1. The standard InChI is InChI=1S/C16H20N4O3S/c1-24(21,22)14-4-2-12(3-5-14)15-17-18-16(23-15)20-11-10-19-8-6-13(20)7-9-19/h2-5,13H,6-11H2,1H3. The summed E-state index contributed by atoms with van der Waals surface area (Å²) in [6.45, 7) is 4.20. The first kappa shape index (κ1) is 15.6. The third-order valence-corrected chi connectivity index (χ3v) is 5.97. The Morgan fingerprint density at radius 3 is 2.42 bits per heavy atom. The molecule has 0 N–H and O–H groups in total. The van der Waals surface area contributed by atoms with Crippen molar-refractivity contribution in [1.82, 2.24) is 15.1 Å². The molecule has 2 bridgehead atoms. The van der Waals surface area contributed by atoms with Gasteiger partial charge in [0.05, 0.1) is 4.90 Å². The summed E-state index contributed by atoms with van der Waals surface area (Å²) in [5, 5.41) is 8.36. The van der Waals surface area contributed by atoms with Crippen molar-refractivity contribution < 1.29 is 12.8 Å². The second kappa shape index (κ2) is 5.86. The van der Waals surface area contributed by atoms with Gasteiger partial charge in [0.1, 0.15) is 0 Å². The Labute approximate surface area is 141 Å². The third kappa shape index (κ3) is 2.91. The van der Waals surface area contributed by atoms with Gasteiger partial charge in [-0.25, -0.2) is 8.42 Å². The summed E-state index contributed by atoms with van der Waals surface area (Å²) in [6.07, 6.45) is 3.44. The maximum Gasteiger partial charge on any atom is 0.318 e. The molecule has 0 radical (unpaired) electrons. The van der Waals surface area contributed by atoms with Gasteiger partial charge in [-0.3, -0.25) is 0 Å². The molecule has 0 amide bonds. The number of aromatic nitrogens is 2. The number of rotatable bonds is 3. The molecule has 0 aliphatic carbocycles. The maximum absolute atomic E-state index is 11.5. The van der Waals surface area contributed by atoms with E-state index in [9.17, 15) is 8.42 Å². The highest BCUT2D eigenvalue weighted by atomic mass is 32.2. The van der Waals surface area contributed by atoms with E-state index in [1.54, 1.807) is 24.3 Å². The molecule has 5 rings (SSSR count). The number of benzene rings is 1. The molecule has 2 aromatic rings. The smallest absolute Gasteiger partial charge is 0.318 e. The molecule has 1 aromatic carbocycles. The van der Waals surface area contributed by atoms with Gasteiger partial charge >= 0.3 is 6.01 Å². The van der Waals surface area contributed by atoms with E-state index in [2.05, 4.69) is 20.0 Å². The second-order valence-corrected chi connectivity index (χ2v) is 8.47. The summed E-state index contributed by atoms with van der Waals surface area (Å²) in [5.41, 5.74) is 0.726. The molecule has 0 spiro atoms. The van der Waals surface area contributed by atoms with Crippen molar-refractivity contribution in [2.75, 3.05) is 37.3 Å². The lowest BCUT2D eigenvalue weighted by atomic mass is 10.1. The highest BCUT2D eigenvalue weighted by molar-refractivity contribution is 7.90. The van der Waals surface area contributed by atoms with Crippen LogP contribution in [0.3, 0.4) is 0 Å². The zero-order chi connectivity index (χ0) is 16.7. The molecule has 128 valence electrons. The second-order valence-electron chi connectivity index (χ2n) is 6.45. The van der Waals surface area contributed by atoms with Crippen LogP contribution in [0.4, 0.5) is 6.01 Å². The van der Waals surface area contributed by atoms with Crippen molar-refractivity contribution in [1.29, 1.82) is 0 Å². The Bertz CT molecular complexity index is 823. The first-order chi connectivity index (χ1) is 11.5. The SMILES string of the molecule is CS(=O)(=O)c1ccc(-c2nnc(N3CCN4CCC3CC4)o2)cc1. The highest BCUT2D eigenvalue weighted by Gasteiger charge is 2.31. The lowest BCUT2D eigenvalue weighted by molar-refractivity contribution is 0.249. The van der Waals surface area contributed by atoms with Crippen LogP contribution in [0, 0.1) is 0 Å². The van der Waals surface area contributed by atoms with Crippen LogP contribution in [0.1, 0.15) is 12.8 Å². The molecule has 24 heavy (non-hydrogen) atoms. The first-order valence-corrected chi connectivity index (χ1v) is 10.0. The molecule has 3 aliphatic rings. The number of hydrogen-bond donors (Lipinski definition) is 0. The van der Waals surface area contributed by atoms with Gasteiger partial charge in [-0.2, -0.15) is 0 Å². The van der Waals surface area contributed by atoms with E-state index in [4.69, 9.17) is 4.42 Å². The minimum Gasteiger partial charge on any atom is -0.403 e. The lowest BCUT2D eigenvalue weighted by Gasteiger charge is -2.29. The average molecular weight is 348 g/mol. The van der Waals surface area contributed by atoms with E-state index in [0.717, 1.165) is 44.6 Å². The summed E-state index contributed by atoms with van der Waals surface area (Å²) in [6, 6.07) is 7.56. The minimum atomic E-state index is -3.20. The monoisotopic (exact) mass is 348 g/mol. The molecule has 3 saturated heterocycles. The van der Waals surface area contributed by atoms with Gasteiger partial charge in [-0.1, -0.05) is 5.10 Å². The van der Waals surface area contributed by atoms with Crippen LogP contribution in [0.5, 0.6) is 0 Å². The van der Waals surface area contributed by atoms with E-state index in [1.165, 1.54) is 6.26 Å². The molecule has 3 fully saturated rings. The largest absolute Gasteiger partial charge is 0.403 e. The van der Waals surface area contributed by atoms with Crippen LogP contribution in [-0.2, 0) is 9.84 Å². The molecule has 0 atom stereocenters. The number of hydrogen-bond acceptors (Lipinski definition) is 7. The van der Waals surface area contributed by atoms with Crippen LogP contribution in [0.15, 0.2) is 33.6 Å². The number of fused-ring (bicyclic) bond motifs is 4. The molecule has 3 aliphatic heterocycles. The van der Waals surface area contributed by atoms with Crippen molar-refractivity contribution in [2.24, 2.45) is 0 Å². The molecule has 1 aromatic heterocycles. The summed E-state index contributed by atoms with van der Waals surface area (Å²) in [7, 11) is -3.20. The van der Waals surface area contributed by atoms with Crippen LogP contribution in [-0.4, -0.2) is 62.0 Å². The Hall–Kier alpha value is -1.93. The van der Waals surface area contributed by atoms with Gasteiger partial charge in [-0.15, -0.1) is 5.10 Å². The maximum atomic E-state index is 11.5. The molecule has 0 unspecified atom stereocenters. The fourth-order valence-corrected chi connectivity index (χ4v) is 4.06. The quantitative estimate of drug-likeness (QED) is 0.830. The van der Waals surface area contributed by atoms with Crippen LogP contribution in [0.2, 0.25) is 0 Å². The van der Waals surface area contributed by atoms with Crippen molar-refractivity contribution in [3.63, 3.8) is 0 Å². The predicted molar refractivity (Wildman–Crippen MR) is 89.7 cm³/mol. The summed E-state index contributed by atoms with van der Waals surface area (Å²) in [5.74, 6) is 0.421. The molecular formula is C16H20N4O3S. The van der Waals surface area contributed by atoms with Crippen LogP contribution >= 0.6 is 0 Å². The lowest BCUT2D eigenvalue weighted by Crippen LogP contribution is -2.38. The van der Waals surface area contributed by atoms with Gasteiger partial charge in [0, 0.05) is 44.0 Å². The normalized spacial score (nSPS) is 24.1.